The van der Waals surface area contributed by atoms with E-state index in [1.54, 1.807) is 0 Å². The monoisotopic (exact) mass is 289 g/mol. The van der Waals surface area contributed by atoms with E-state index < -0.39 is 0 Å². The minimum absolute atomic E-state index is 0.162. The quantitative estimate of drug-likeness (QED) is 0.905. The fraction of sp³-hybridized carbons (Fsp3) is 0.588. The van der Waals surface area contributed by atoms with Crippen LogP contribution in [0.2, 0.25) is 0 Å². The number of hydrogen-bond donors (Lipinski definition) is 1. The van der Waals surface area contributed by atoms with Gasteiger partial charge in [-0.1, -0.05) is 6.07 Å². The zero-order valence-electron chi connectivity index (χ0n) is 13.6. The van der Waals surface area contributed by atoms with Crippen LogP contribution in [0.15, 0.2) is 18.2 Å². The van der Waals surface area contributed by atoms with Gasteiger partial charge in [0.05, 0.1) is 5.56 Å². The molecule has 1 amide bonds. The predicted molar refractivity (Wildman–Crippen MR) is 88.0 cm³/mol. The molecule has 1 N–H and O–H groups in total. The Bertz CT molecular complexity index is 499. The maximum Gasteiger partial charge on any atom is 0.256 e. The molecule has 21 heavy (non-hydrogen) atoms. The van der Waals surface area contributed by atoms with E-state index in [9.17, 15) is 4.79 Å². The SMILES string of the molecule is CCNc1cc(C)ccc1C(=O)N1CCCC1CN(C)C. The Balaban J connectivity index is 2.22. The summed E-state index contributed by atoms with van der Waals surface area (Å²) in [7, 11) is 4.13. The Hall–Kier alpha value is -1.55. The number of amides is 1. The van der Waals surface area contributed by atoms with E-state index in [0.717, 1.165) is 43.7 Å². The molecule has 1 aliphatic heterocycles. The standard InChI is InChI=1S/C17H27N3O/c1-5-18-16-11-13(2)8-9-15(16)17(21)20-10-6-7-14(20)12-19(3)4/h8-9,11,14,18H,5-7,10,12H2,1-4H3. The molecule has 0 aliphatic carbocycles. The lowest BCUT2D eigenvalue weighted by molar-refractivity contribution is 0.0717. The number of hydrogen-bond acceptors (Lipinski definition) is 3. The van der Waals surface area contributed by atoms with Crippen LogP contribution >= 0.6 is 0 Å². The Morgan fingerprint density at radius 2 is 2.19 bits per heavy atom. The van der Waals surface area contributed by atoms with Gasteiger partial charge in [-0.2, -0.15) is 0 Å². The number of benzene rings is 1. The van der Waals surface area contributed by atoms with Gasteiger partial charge in [-0.3, -0.25) is 4.79 Å². The molecule has 4 nitrogen and oxygen atoms in total. The van der Waals surface area contributed by atoms with Crippen LogP contribution in [0.1, 0.15) is 35.7 Å². The van der Waals surface area contributed by atoms with Gasteiger partial charge < -0.3 is 15.1 Å². The van der Waals surface area contributed by atoms with Crippen LogP contribution in [0, 0.1) is 6.92 Å². The molecule has 1 atom stereocenters. The van der Waals surface area contributed by atoms with Crippen LogP contribution in [0.4, 0.5) is 5.69 Å². The summed E-state index contributed by atoms with van der Waals surface area (Å²) < 4.78 is 0. The molecule has 2 rings (SSSR count). The Morgan fingerprint density at radius 1 is 1.43 bits per heavy atom. The summed E-state index contributed by atoms with van der Waals surface area (Å²) in [6.07, 6.45) is 2.21. The van der Waals surface area contributed by atoms with Crippen molar-refractivity contribution in [3.8, 4) is 0 Å². The molecule has 1 aromatic carbocycles. The fourth-order valence-corrected chi connectivity index (χ4v) is 3.05. The molecule has 0 spiro atoms. The van der Waals surface area contributed by atoms with Crippen molar-refractivity contribution in [1.29, 1.82) is 0 Å². The molecule has 4 heteroatoms. The van der Waals surface area contributed by atoms with Crippen LogP contribution in [0.5, 0.6) is 0 Å². The average molecular weight is 289 g/mol. The molecule has 0 saturated carbocycles. The first-order valence-electron chi connectivity index (χ1n) is 7.83. The molecule has 116 valence electrons. The smallest absolute Gasteiger partial charge is 0.256 e. The molecular formula is C17H27N3O. The fourth-order valence-electron chi connectivity index (χ4n) is 3.05. The number of likely N-dealkylation sites (N-methyl/N-ethyl adjacent to an activating group) is 1. The molecule has 1 aromatic rings. The molecule has 0 aromatic heterocycles. The third-order valence-corrected chi connectivity index (χ3v) is 3.99. The van der Waals surface area contributed by atoms with Crippen molar-refractivity contribution >= 4 is 11.6 Å². The summed E-state index contributed by atoms with van der Waals surface area (Å²) in [6, 6.07) is 6.38. The Labute approximate surface area is 128 Å². The summed E-state index contributed by atoms with van der Waals surface area (Å²) in [5.74, 6) is 0.162. The van der Waals surface area contributed by atoms with Gasteiger partial charge >= 0.3 is 0 Å². The highest BCUT2D eigenvalue weighted by Gasteiger charge is 2.30. The summed E-state index contributed by atoms with van der Waals surface area (Å²) in [5, 5.41) is 3.32. The highest BCUT2D eigenvalue weighted by Crippen LogP contribution is 2.25. The van der Waals surface area contributed by atoms with Crippen LogP contribution in [-0.2, 0) is 0 Å². The number of anilines is 1. The van der Waals surface area contributed by atoms with Gasteiger partial charge in [-0.05, 0) is 58.5 Å². The number of nitrogens with zero attached hydrogens (tertiary/aromatic N) is 2. The van der Waals surface area contributed by atoms with Crippen molar-refractivity contribution in [3.63, 3.8) is 0 Å². The Morgan fingerprint density at radius 3 is 2.86 bits per heavy atom. The first-order valence-corrected chi connectivity index (χ1v) is 7.83. The van der Waals surface area contributed by atoms with Crippen molar-refractivity contribution in [2.45, 2.75) is 32.7 Å². The highest BCUT2D eigenvalue weighted by atomic mass is 16.2. The molecule has 1 aliphatic rings. The Kier molecular flexibility index (Phi) is 5.23. The topological polar surface area (TPSA) is 35.6 Å². The third-order valence-electron chi connectivity index (χ3n) is 3.99. The van der Waals surface area contributed by atoms with Crippen molar-refractivity contribution in [1.82, 2.24) is 9.80 Å². The minimum atomic E-state index is 0.162. The van der Waals surface area contributed by atoms with E-state index in [0.29, 0.717) is 6.04 Å². The van der Waals surface area contributed by atoms with Gasteiger partial charge in [0.25, 0.3) is 5.91 Å². The molecule has 1 saturated heterocycles. The summed E-state index contributed by atoms with van der Waals surface area (Å²) in [6.45, 7) is 6.75. The number of carbonyl (C=O) groups excluding carboxylic acids is 1. The van der Waals surface area contributed by atoms with E-state index in [2.05, 4.69) is 44.2 Å². The zero-order chi connectivity index (χ0) is 15.4. The number of likely N-dealkylation sites (tertiary alicyclic amines) is 1. The largest absolute Gasteiger partial charge is 0.385 e. The number of rotatable bonds is 5. The second kappa shape index (κ2) is 6.94. The molecular weight excluding hydrogens is 262 g/mol. The van der Waals surface area contributed by atoms with Crippen LogP contribution in [-0.4, -0.2) is 55.5 Å². The molecule has 0 bridgehead atoms. The van der Waals surface area contributed by atoms with E-state index >= 15 is 0 Å². The average Bonchev–Trinajstić information content (AvgIpc) is 2.86. The molecule has 0 radical (unpaired) electrons. The van der Waals surface area contributed by atoms with Crippen molar-refractivity contribution in [3.05, 3.63) is 29.3 Å². The van der Waals surface area contributed by atoms with Gasteiger partial charge in [0, 0.05) is 31.4 Å². The van der Waals surface area contributed by atoms with Crippen molar-refractivity contribution in [2.75, 3.05) is 39.0 Å². The predicted octanol–water partition coefficient (Wildman–Crippen LogP) is 2.59. The van der Waals surface area contributed by atoms with Gasteiger partial charge in [0.1, 0.15) is 0 Å². The van der Waals surface area contributed by atoms with Crippen LogP contribution in [0.25, 0.3) is 0 Å². The maximum atomic E-state index is 12.9. The van der Waals surface area contributed by atoms with Gasteiger partial charge in [0.15, 0.2) is 0 Å². The van der Waals surface area contributed by atoms with Crippen molar-refractivity contribution in [2.24, 2.45) is 0 Å². The van der Waals surface area contributed by atoms with Gasteiger partial charge in [-0.25, -0.2) is 0 Å². The minimum Gasteiger partial charge on any atom is -0.385 e. The van der Waals surface area contributed by atoms with E-state index in [-0.39, 0.29) is 5.91 Å². The second-order valence-corrected chi connectivity index (χ2v) is 6.14. The second-order valence-electron chi connectivity index (χ2n) is 6.14. The summed E-state index contributed by atoms with van der Waals surface area (Å²) in [4.78, 5) is 17.1. The van der Waals surface area contributed by atoms with E-state index in [1.807, 2.05) is 17.0 Å². The summed E-state index contributed by atoms with van der Waals surface area (Å²) in [5.41, 5.74) is 2.93. The summed E-state index contributed by atoms with van der Waals surface area (Å²) >= 11 is 0. The lowest BCUT2D eigenvalue weighted by atomic mass is 10.1. The maximum absolute atomic E-state index is 12.9. The first kappa shape index (κ1) is 15.8. The number of aryl methyl sites for hydroxylation is 1. The van der Waals surface area contributed by atoms with Gasteiger partial charge in [0.2, 0.25) is 0 Å². The molecule has 1 fully saturated rings. The normalized spacial score (nSPS) is 18.3. The number of carbonyl (C=O) groups is 1. The lowest BCUT2D eigenvalue weighted by Crippen LogP contribution is -2.41. The lowest BCUT2D eigenvalue weighted by Gasteiger charge is -2.28. The van der Waals surface area contributed by atoms with E-state index in [4.69, 9.17) is 0 Å². The third kappa shape index (κ3) is 3.76. The molecule has 1 unspecified atom stereocenters. The van der Waals surface area contributed by atoms with Gasteiger partial charge in [-0.15, -0.1) is 0 Å². The zero-order valence-corrected chi connectivity index (χ0v) is 13.6. The van der Waals surface area contributed by atoms with E-state index in [1.165, 1.54) is 5.56 Å². The van der Waals surface area contributed by atoms with Crippen LogP contribution in [0.3, 0.4) is 0 Å². The van der Waals surface area contributed by atoms with Crippen molar-refractivity contribution < 1.29 is 4.79 Å². The van der Waals surface area contributed by atoms with Crippen LogP contribution < -0.4 is 5.32 Å². The molecule has 1 heterocycles. The highest BCUT2D eigenvalue weighted by molar-refractivity contribution is 6.00. The number of nitrogens with one attached hydrogen (secondary N) is 1. The first-order chi connectivity index (χ1) is 10.0.